The number of carboxylic acid groups (broad SMARTS) is 1. The second-order valence-corrected chi connectivity index (χ2v) is 4.93. The third kappa shape index (κ3) is 3.85. The van der Waals surface area contributed by atoms with Crippen LogP contribution in [0.1, 0.15) is 26.7 Å². The van der Waals surface area contributed by atoms with Crippen molar-refractivity contribution in [3.05, 3.63) is 0 Å². The van der Waals surface area contributed by atoms with Crippen LogP contribution in [0.25, 0.3) is 0 Å². The van der Waals surface area contributed by atoms with Crippen LogP contribution in [0.3, 0.4) is 0 Å². The van der Waals surface area contributed by atoms with Gasteiger partial charge in [-0.1, -0.05) is 0 Å². The minimum Gasteiger partial charge on any atom is -0.481 e. The van der Waals surface area contributed by atoms with E-state index in [1.54, 1.807) is 25.8 Å². The number of rotatable bonds is 5. The summed E-state index contributed by atoms with van der Waals surface area (Å²) in [5.74, 6) is -1.73. The molecule has 0 spiro atoms. The van der Waals surface area contributed by atoms with Gasteiger partial charge in [0.25, 0.3) is 0 Å². The minimum absolute atomic E-state index is 0.140. The van der Waals surface area contributed by atoms with Gasteiger partial charge in [0.1, 0.15) is 0 Å². The Morgan fingerprint density at radius 1 is 1.40 bits per heavy atom. The Bertz CT molecular complexity index is 385. The molecule has 0 bridgehead atoms. The van der Waals surface area contributed by atoms with E-state index in [-0.39, 0.29) is 31.0 Å². The molecule has 114 valence electrons. The summed E-state index contributed by atoms with van der Waals surface area (Å²) < 4.78 is 4.80. The van der Waals surface area contributed by atoms with E-state index in [1.165, 1.54) is 4.90 Å². The highest BCUT2D eigenvalue weighted by molar-refractivity contribution is 5.78. The van der Waals surface area contributed by atoms with Gasteiger partial charge in [-0.15, -0.1) is 0 Å². The van der Waals surface area contributed by atoms with E-state index in [0.717, 1.165) is 0 Å². The maximum atomic E-state index is 12.2. The summed E-state index contributed by atoms with van der Waals surface area (Å²) in [6.07, 6.45) is 0.606. The lowest BCUT2D eigenvalue weighted by atomic mass is 10.0. The van der Waals surface area contributed by atoms with Crippen molar-refractivity contribution in [2.45, 2.75) is 32.7 Å². The van der Waals surface area contributed by atoms with Crippen molar-refractivity contribution in [3.8, 4) is 0 Å². The van der Waals surface area contributed by atoms with Crippen molar-refractivity contribution in [3.63, 3.8) is 0 Å². The van der Waals surface area contributed by atoms with Gasteiger partial charge in [0.15, 0.2) is 0 Å². The zero-order chi connectivity index (χ0) is 15.3. The summed E-state index contributed by atoms with van der Waals surface area (Å²) in [4.78, 5) is 37.4. The fraction of sp³-hybridized carbons (Fsp3) is 0.769. The van der Waals surface area contributed by atoms with E-state index in [9.17, 15) is 14.4 Å². The molecule has 1 fully saturated rings. The summed E-state index contributed by atoms with van der Waals surface area (Å²) in [6.45, 7) is 4.48. The SMILES string of the molecule is CCOC(=O)CCN(C)C(=O)N1CCC(C(=O)O)C1C. The molecule has 1 aliphatic rings. The minimum atomic E-state index is -0.873. The molecule has 2 atom stereocenters. The number of esters is 1. The fourth-order valence-electron chi connectivity index (χ4n) is 2.35. The smallest absolute Gasteiger partial charge is 0.320 e. The first-order valence-electron chi connectivity index (χ1n) is 6.78. The number of carbonyl (C=O) groups is 3. The van der Waals surface area contributed by atoms with E-state index in [4.69, 9.17) is 9.84 Å². The molecule has 1 aliphatic heterocycles. The molecular formula is C13H22N2O5. The van der Waals surface area contributed by atoms with Gasteiger partial charge < -0.3 is 19.6 Å². The lowest BCUT2D eigenvalue weighted by Gasteiger charge is -2.28. The van der Waals surface area contributed by atoms with Crippen LogP contribution in [0, 0.1) is 5.92 Å². The van der Waals surface area contributed by atoms with Crippen molar-refractivity contribution < 1.29 is 24.2 Å². The highest BCUT2D eigenvalue weighted by Crippen LogP contribution is 2.25. The Labute approximate surface area is 118 Å². The van der Waals surface area contributed by atoms with Gasteiger partial charge in [0.2, 0.25) is 0 Å². The van der Waals surface area contributed by atoms with E-state index < -0.39 is 11.9 Å². The first kappa shape index (κ1) is 16.3. The molecule has 0 aromatic rings. The number of nitrogens with zero attached hydrogens (tertiary/aromatic N) is 2. The maximum absolute atomic E-state index is 12.2. The molecule has 0 radical (unpaired) electrons. The van der Waals surface area contributed by atoms with Gasteiger partial charge in [-0.05, 0) is 20.3 Å². The number of hydrogen-bond donors (Lipinski definition) is 1. The molecule has 1 saturated heterocycles. The molecule has 2 unspecified atom stereocenters. The molecule has 0 saturated carbocycles. The van der Waals surface area contributed by atoms with Gasteiger partial charge >= 0.3 is 18.0 Å². The van der Waals surface area contributed by atoms with Crippen LogP contribution in [-0.2, 0) is 14.3 Å². The van der Waals surface area contributed by atoms with Crippen LogP contribution < -0.4 is 0 Å². The van der Waals surface area contributed by atoms with Crippen LogP contribution in [0.4, 0.5) is 4.79 Å². The van der Waals surface area contributed by atoms with E-state index in [2.05, 4.69) is 0 Å². The molecule has 2 amide bonds. The Hall–Kier alpha value is -1.79. The van der Waals surface area contributed by atoms with Gasteiger partial charge in [0.05, 0.1) is 18.9 Å². The standard InChI is InChI=1S/C13H22N2O5/c1-4-20-11(16)6-7-14(3)13(19)15-8-5-10(9(15)2)12(17)18/h9-10H,4-8H2,1-3H3,(H,17,18). The first-order chi connectivity index (χ1) is 9.38. The molecule has 1 N–H and O–H groups in total. The van der Waals surface area contributed by atoms with Crippen molar-refractivity contribution in [1.82, 2.24) is 9.80 Å². The van der Waals surface area contributed by atoms with Crippen molar-refractivity contribution in [1.29, 1.82) is 0 Å². The Balaban J connectivity index is 2.49. The topological polar surface area (TPSA) is 87.2 Å². The molecular weight excluding hydrogens is 264 g/mol. The molecule has 0 aromatic carbocycles. The predicted molar refractivity (Wildman–Crippen MR) is 71.2 cm³/mol. The van der Waals surface area contributed by atoms with Crippen molar-refractivity contribution in [2.75, 3.05) is 26.7 Å². The molecule has 0 aromatic heterocycles. The van der Waals surface area contributed by atoms with Crippen molar-refractivity contribution >= 4 is 18.0 Å². The summed E-state index contributed by atoms with van der Waals surface area (Å²) in [5.41, 5.74) is 0. The summed E-state index contributed by atoms with van der Waals surface area (Å²) in [5, 5.41) is 9.04. The molecule has 0 aliphatic carbocycles. The van der Waals surface area contributed by atoms with Gasteiger partial charge in [-0.2, -0.15) is 0 Å². The lowest BCUT2D eigenvalue weighted by molar-refractivity contribution is -0.143. The quantitative estimate of drug-likeness (QED) is 0.755. The van der Waals surface area contributed by atoms with Crippen LogP contribution in [0.15, 0.2) is 0 Å². The first-order valence-corrected chi connectivity index (χ1v) is 6.78. The summed E-state index contributed by atoms with van der Waals surface area (Å²) in [7, 11) is 1.60. The van der Waals surface area contributed by atoms with Crippen LogP contribution >= 0.6 is 0 Å². The number of carboxylic acids is 1. The predicted octanol–water partition coefficient (Wildman–Crippen LogP) is 0.786. The Morgan fingerprint density at radius 2 is 2.05 bits per heavy atom. The maximum Gasteiger partial charge on any atom is 0.320 e. The molecule has 7 heteroatoms. The number of aliphatic carboxylic acids is 1. The summed E-state index contributed by atoms with van der Waals surface area (Å²) in [6, 6.07) is -0.574. The molecule has 1 rings (SSSR count). The zero-order valence-electron chi connectivity index (χ0n) is 12.2. The van der Waals surface area contributed by atoms with Crippen LogP contribution in [0.2, 0.25) is 0 Å². The third-order valence-corrected chi connectivity index (χ3v) is 3.60. The van der Waals surface area contributed by atoms with Gasteiger partial charge in [0, 0.05) is 26.2 Å². The van der Waals surface area contributed by atoms with E-state index in [0.29, 0.717) is 19.6 Å². The number of carbonyl (C=O) groups excluding carboxylic acids is 2. The van der Waals surface area contributed by atoms with Crippen LogP contribution in [-0.4, -0.2) is 65.7 Å². The molecule has 1 heterocycles. The van der Waals surface area contributed by atoms with Gasteiger partial charge in [-0.3, -0.25) is 9.59 Å². The largest absolute Gasteiger partial charge is 0.481 e. The Morgan fingerprint density at radius 3 is 2.55 bits per heavy atom. The number of amides is 2. The highest BCUT2D eigenvalue weighted by Gasteiger charge is 2.39. The van der Waals surface area contributed by atoms with E-state index in [1.807, 2.05) is 0 Å². The second-order valence-electron chi connectivity index (χ2n) is 4.93. The normalized spacial score (nSPS) is 21.6. The van der Waals surface area contributed by atoms with E-state index >= 15 is 0 Å². The number of likely N-dealkylation sites (tertiary alicyclic amines) is 1. The Kier molecular flexibility index (Phi) is 5.79. The average molecular weight is 286 g/mol. The van der Waals surface area contributed by atoms with Gasteiger partial charge in [-0.25, -0.2) is 4.79 Å². The molecule has 7 nitrogen and oxygen atoms in total. The number of urea groups is 1. The lowest BCUT2D eigenvalue weighted by Crippen LogP contribution is -2.45. The van der Waals surface area contributed by atoms with Crippen LogP contribution in [0.5, 0.6) is 0 Å². The molecule has 20 heavy (non-hydrogen) atoms. The fourth-order valence-corrected chi connectivity index (χ4v) is 2.35. The summed E-state index contributed by atoms with van der Waals surface area (Å²) >= 11 is 0. The third-order valence-electron chi connectivity index (χ3n) is 3.60. The second kappa shape index (κ2) is 7.12. The number of hydrogen-bond acceptors (Lipinski definition) is 4. The van der Waals surface area contributed by atoms with Crippen molar-refractivity contribution in [2.24, 2.45) is 5.92 Å². The average Bonchev–Trinajstić information content (AvgIpc) is 2.77. The monoisotopic (exact) mass is 286 g/mol. The highest BCUT2D eigenvalue weighted by atomic mass is 16.5. The number of ether oxygens (including phenoxy) is 1. The zero-order valence-corrected chi connectivity index (χ0v) is 12.2.